The number of amides is 2. The third-order valence-electron chi connectivity index (χ3n) is 2.16. The number of hydrazone groups is 1. The number of aromatic hydroxyl groups is 1. The van der Waals surface area contributed by atoms with Gasteiger partial charge >= 0.3 is 11.8 Å². The van der Waals surface area contributed by atoms with Crippen molar-refractivity contribution in [3.63, 3.8) is 0 Å². The molecule has 0 aliphatic carbocycles. The van der Waals surface area contributed by atoms with Crippen molar-refractivity contribution in [3.05, 3.63) is 21.3 Å². The van der Waals surface area contributed by atoms with Crippen LogP contribution < -0.4 is 15.5 Å². The summed E-state index contributed by atoms with van der Waals surface area (Å²) < 4.78 is 5.86. The van der Waals surface area contributed by atoms with E-state index in [1.54, 1.807) is 19.1 Å². The minimum absolute atomic E-state index is 0.0546. The maximum absolute atomic E-state index is 11.2. The molecule has 0 atom stereocenters. The second-order valence-electron chi connectivity index (χ2n) is 3.56. The Bertz CT molecular complexity index is 546. The largest absolute Gasteiger partial charge is 0.504 e. The van der Waals surface area contributed by atoms with E-state index in [9.17, 15) is 14.7 Å². The Hall–Kier alpha value is -1.84. The van der Waals surface area contributed by atoms with Crippen LogP contribution in [-0.4, -0.2) is 36.8 Å². The van der Waals surface area contributed by atoms with Gasteiger partial charge < -0.3 is 15.2 Å². The molecular weight excluding hydrogens is 377 g/mol. The molecule has 0 bridgehead atoms. The molecular formula is C12H14IN3O4. The number of likely N-dealkylation sites (N-methyl/N-ethyl adjacent to an activating group) is 1. The van der Waals surface area contributed by atoms with E-state index in [0.29, 0.717) is 21.5 Å². The van der Waals surface area contributed by atoms with Crippen LogP contribution in [0.5, 0.6) is 11.5 Å². The van der Waals surface area contributed by atoms with Crippen molar-refractivity contribution in [2.45, 2.75) is 6.92 Å². The predicted molar refractivity (Wildman–Crippen MR) is 81.8 cm³/mol. The molecule has 0 saturated heterocycles. The van der Waals surface area contributed by atoms with E-state index in [0.717, 1.165) is 0 Å². The third kappa shape index (κ3) is 4.37. The first-order valence-corrected chi connectivity index (χ1v) is 6.77. The highest BCUT2D eigenvalue weighted by Gasteiger charge is 2.10. The lowest BCUT2D eigenvalue weighted by Crippen LogP contribution is -2.35. The molecule has 0 heterocycles. The van der Waals surface area contributed by atoms with Crippen LogP contribution in [0, 0.1) is 3.57 Å². The summed E-state index contributed by atoms with van der Waals surface area (Å²) in [5.74, 6) is -1.25. The molecule has 0 radical (unpaired) electrons. The number of phenols is 1. The van der Waals surface area contributed by atoms with Crippen LogP contribution >= 0.6 is 22.6 Å². The van der Waals surface area contributed by atoms with Crippen molar-refractivity contribution in [2.24, 2.45) is 5.10 Å². The zero-order chi connectivity index (χ0) is 15.1. The number of rotatable bonds is 4. The SMILES string of the molecule is CCOc1cc(/C=N\NC(=O)C(=O)NC)cc(I)c1O. The molecule has 20 heavy (non-hydrogen) atoms. The minimum atomic E-state index is -0.859. The van der Waals surface area contributed by atoms with Gasteiger partial charge in [0.1, 0.15) is 0 Å². The molecule has 2 amide bonds. The monoisotopic (exact) mass is 391 g/mol. The highest BCUT2D eigenvalue weighted by atomic mass is 127. The minimum Gasteiger partial charge on any atom is -0.504 e. The molecule has 1 aromatic rings. The molecule has 1 rings (SSSR count). The number of carbonyl (C=O) groups is 2. The number of halogens is 1. The quantitative estimate of drug-likeness (QED) is 0.303. The fourth-order valence-electron chi connectivity index (χ4n) is 1.26. The van der Waals surface area contributed by atoms with Gasteiger partial charge in [0.2, 0.25) is 0 Å². The first-order valence-electron chi connectivity index (χ1n) is 5.70. The van der Waals surface area contributed by atoms with Gasteiger partial charge in [0.05, 0.1) is 16.4 Å². The van der Waals surface area contributed by atoms with Crippen molar-refractivity contribution >= 4 is 40.6 Å². The number of carbonyl (C=O) groups excluding carboxylic acids is 2. The number of hydrogen-bond acceptors (Lipinski definition) is 5. The Labute approximate surface area is 129 Å². The second kappa shape index (κ2) is 7.68. The Kier molecular flexibility index (Phi) is 6.22. The van der Waals surface area contributed by atoms with Crippen molar-refractivity contribution in [2.75, 3.05) is 13.7 Å². The van der Waals surface area contributed by atoms with Gasteiger partial charge in [-0.05, 0) is 47.2 Å². The van der Waals surface area contributed by atoms with Gasteiger partial charge in [-0.25, -0.2) is 5.43 Å². The predicted octanol–water partition coefficient (Wildman–Crippen LogP) is 0.592. The van der Waals surface area contributed by atoms with Gasteiger partial charge in [0.25, 0.3) is 0 Å². The highest BCUT2D eigenvalue weighted by molar-refractivity contribution is 14.1. The third-order valence-corrected chi connectivity index (χ3v) is 2.99. The Morgan fingerprint density at radius 2 is 2.15 bits per heavy atom. The molecule has 0 saturated carbocycles. The lowest BCUT2D eigenvalue weighted by Gasteiger charge is -2.08. The van der Waals surface area contributed by atoms with Crippen molar-refractivity contribution in [1.29, 1.82) is 0 Å². The van der Waals surface area contributed by atoms with E-state index < -0.39 is 11.8 Å². The maximum atomic E-state index is 11.2. The number of nitrogens with one attached hydrogen (secondary N) is 2. The molecule has 0 aromatic heterocycles. The highest BCUT2D eigenvalue weighted by Crippen LogP contribution is 2.32. The van der Waals surface area contributed by atoms with E-state index in [1.807, 2.05) is 22.6 Å². The Balaban J connectivity index is 2.82. The summed E-state index contributed by atoms with van der Waals surface area (Å²) >= 11 is 1.95. The summed E-state index contributed by atoms with van der Waals surface area (Å²) in [4.78, 5) is 22.1. The van der Waals surface area contributed by atoms with Crippen molar-refractivity contribution < 1.29 is 19.4 Å². The molecule has 1 aromatic carbocycles. The van der Waals surface area contributed by atoms with Crippen molar-refractivity contribution in [1.82, 2.24) is 10.7 Å². The van der Waals surface area contributed by atoms with Crippen LogP contribution in [0.2, 0.25) is 0 Å². The summed E-state index contributed by atoms with van der Waals surface area (Å²) in [6.07, 6.45) is 1.35. The van der Waals surface area contributed by atoms with E-state index in [4.69, 9.17) is 4.74 Å². The van der Waals surface area contributed by atoms with Crippen LogP contribution in [0.25, 0.3) is 0 Å². The average Bonchev–Trinajstić information content (AvgIpc) is 2.43. The number of nitrogens with zero attached hydrogens (tertiary/aromatic N) is 1. The summed E-state index contributed by atoms with van der Waals surface area (Å²) in [7, 11) is 1.35. The fraction of sp³-hybridized carbons (Fsp3) is 0.250. The van der Waals surface area contributed by atoms with E-state index in [2.05, 4.69) is 15.8 Å². The zero-order valence-corrected chi connectivity index (χ0v) is 13.1. The molecule has 0 spiro atoms. The molecule has 108 valence electrons. The second-order valence-corrected chi connectivity index (χ2v) is 4.72. The number of hydrogen-bond donors (Lipinski definition) is 3. The number of benzene rings is 1. The lowest BCUT2D eigenvalue weighted by molar-refractivity contribution is -0.138. The van der Waals surface area contributed by atoms with Gasteiger partial charge in [-0.1, -0.05) is 0 Å². The van der Waals surface area contributed by atoms with Crippen LogP contribution in [0.3, 0.4) is 0 Å². The zero-order valence-electron chi connectivity index (χ0n) is 10.9. The topological polar surface area (TPSA) is 100 Å². The standard InChI is InChI=1S/C12H14IN3O4/c1-3-20-9-5-7(4-8(13)10(9)17)6-15-16-12(19)11(18)14-2/h4-6,17H,3H2,1-2H3,(H,14,18)(H,16,19)/b15-6-. The lowest BCUT2D eigenvalue weighted by atomic mass is 10.2. The molecule has 0 aliphatic heterocycles. The van der Waals surface area contributed by atoms with Crippen LogP contribution in [0.1, 0.15) is 12.5 Å². The molecule has 0 aliphatic rings. The van der Waals surface area contributed by atoms with Gasteiger partial charge in [0.15, 0.2) is 11.5 Å². The van der Waals surface area contributed by atoms with Gasteiger partial charge in [-0.15, -0.1) is 0 Å². The van der Waals surface area contributed by atoms with E-state index in [1.165, 1.54) is 13.3 Å². The number of ether oxygens (including phenoxy) is 1. The summed E-state index contributed by atoms with van der Waals surface area (Å²) in [6, 6.07) is 3.24. The molecule has 7 nitrogen and oxygen atoms in total. The smallest absolute Gasteiger partial charge is 0.329 e. The summed E-state index contributed by atoms with van der Waals surface area (Å²) in [5, 5.41) is 15.6. The average molecular weight is 391 g/mol. The summed E-state index contributed by atoms with van der Waals surface area (Å²) in [5.41, 5.74) is 2.70. The van der Waals surface area contributed by atoms with Gasteiger partial charge in [-0.3, -0.25) is 9.59 Å². The van der Waals surface area contributed by atoms with Gasteiger partial charge in [0, 0.05) is 7.05 Å². The number of phenolic OH excluding ortho intramolecular Hbond substituents is 1. The van der Waals surface area contributed by atoms with Crippen LogP contribution in [0.15, 0.2) is 17.2 Å². The molecule has 3 N–H and O–H groups in total. The maximum Gasteiger partial charge on any atom is 0.329 e. The van der Waals surface area contributed by atoms with E-state index in [-0.39, 0.29) is 5.75 Å². The van der Waals surface area contributed by atoms with Crippen LogP contribution in [-0.2, 0) is 9.59 Å². The van der Waals surface area contributed by atoms with E-state index >= 15 is 0 Å². The molecule has 8 heteroatoms. The first-order chi connectivity index (χ1) is 9.49. The molecule has 0 fully saturated rings. The molecule has 0 unspecified atom stereocenters. The summed E-state index contributed by atoms with van der Waals surface area (Å²) in [6.45, 7) is 2.22. The van der Waals surface area contributed by atoms with Gasteiger partial charge in [-0.2, -0.15) is 5.10 Å². The Morgan fingerprint density at radius 1 is 1.45 bits per heavy atom. The first kappa shape index (κ1) is 16.2. The Morgan fingerprint density at radius 3 is 2.75 bits per heavy atom. The fourth-order valence-corrected chi connectivity index (χ4v) is 1.89. The normalized spacial score (nSPS) is 10.3. The van der Waals surface area contributed by atoms with Crippen molar-refractivity contribution in [3.8, 4) is 11.5 Å². The van der Waals surface area contributed by atoms with Crippen LogP contribution in [0.4, 0.5) is 0 Å².